The first-order valence-electron chi connectivity index (χ1n) is 7.79. The van der Waals surface area contributed by atoms with Crippen LogP contribution in [0.2, 0.25) is 0 Å². The van der Waals surface area contributed by atoms with E-state index in [1.54, 1.807) is 14.2 Å². The Morgan fingerprint density at radius 1 is 1.17 bits per heavy atom. The third-order valence-electron chi connectivity index (χ3n) is 3.68. The largest absolute Gasteiger partial charge is 0.497 e. The fourth-order valence-electron chi connectivity index (χ4n) is 2.46. The molecule has 0 spiro atoms. The summed E-state index contributed by atoms with van der Waals surface area (Å²) in [5.41, 5.74) is 3.58. The Labute approximate surface area is 138 Å². The number of aryl methyl sites for hydroxylation is 1. The van der Waals surface area contributed by atoms with Gasteiger partial charge in [0.25, 0.3) is 0 Å². The van der Waals surface area contributed by atoms with Gasteiger partial charge in [-0.3, -0.25) is 4.99 Å². The SMILES string of the molecule is CN=C(NCc1cc(C)cc(OC)c1)NC(C)c1ccccc1. The quantitative estimate of drug-likeness (QED) is 0.657. The van der Waals surface area contributed by atoms with E-state index in [4.69, 9.17) is 4.74 Å². The summed E-state index contributed by atoms with van der Waals surface area (Å²) in [6.07, 6.45) is 0. The topological polar surface area (TPSA) is 45.7 Å². The summed E-state index contributed by atoms with van der Waals surface area (Å²) in [5.74, 6) is 1.66. The van der Waals surface area contributed by atoms with Crippen LogP contribution < -0.4 is 15.4 Å². The van der Waals surface area contributed by atoms with Gasteiger partial charge in [-0.2, -0.15) is 0 Å². The molecule has 0 bridgehead atoms. The number of ether oxygens (including phenoxy) is 1. The maximum absolute atomic E-state index is 5.32. The van der Waals surface area contributed by atoms with Crippen LogP contribution >= 0.6 is 0 Å². The maximum Gasteiger partial charge on any atom is 0.191 e. The van der Waals surface area contributed by atoms with Crippen LogP contribution in [-0.4, -0.2) is 20.1 Å². The Morgan fingerprint density at radius 3 is 2.57 bits per heavy atom. The van der Waals surface area contributed by atoms with Crippen LogP contribution in [0.25, 0.3) is 0 Å². The van der Waals surface area contributed by atoms with E-state index in [-0.39, 0.29) is 6.04 Å². The molecule has 2 aromatic rings. The molecule has 0 aliphatic rings. The summed E-state index contributed by atoms with van der Waals surface area (Å²) >= 11 is 0. The second-order valence-electron chi connectivity index (χ2n) is 5.56. The monoisotopic (exact) mass is 311 g/mol. The van der Waals surface area contributed by atoms with E-state index in [9.17, 15) is 0 Å². The van der Waals surface area contributed by atoms with Gasteiger partial charge >= 0.3 is 0 Å². The van der Waals surface area contributed by atoms with Crippen molar-refractivity contribution in [2.75, 3.05) is 14.2 Å². The molecule has 0 aliphatic carbocycles. The molecule has 0 aliphatic heterocycles. The van der Waals surface area contributed by atoms with Crippen molar-refractivity contribution in [3.05, 3.63) is 65.2 Å². The minimum absolute atomic E-state index is 0.189. The normalized spacial score (nSPS) is 12.6. The van der Waals surface area contributed by atoms with Gasteiger partial charge in [0.15, 0.2) is 5.96 Å². The molecule has 2 N–H and O–H groups in total. The van der Waals surface area contributed by atoms with Crippen molar-refractivity contribution in [3.8, 4) is 5.75 Å². The smallest absolute Gasteiger partial charge is 0.191 e. The zero-order valence-electron chi connectivity index (χ0n) is 14.3. The van der Waals surface area contributed by atoms with E-state index < -0.39 is 0 Å². The van der Waals surface area contributed by atoms with Gasteiger partial charge in [0.1, 0.15) is 5.75 Å². The van der Waals surface area contributed by atoms with Crippen molar-refractivity contribution in [1.29, 1.82) is 0 Å². The van der Waals surface area contributed by atoms with Crippen LogP contribution in [0, 0.1) is 6.92 Å². The molecule has 1 unspecified atom stereocenters. The number of aliphatic imine (C=N–C) groups is 1. The van der Waals surface area contributed by atoms with E-state index >= 15 is 0 Å². The van der Waals surface area contributed by atoms with Crippen molar-refractivity contribution in [2.24, 2.45) is 4.99 Å². The lowest BCUT2D eigenvalue weighted by Gasteiger charge is -2.18. The number of nitrogens with zero attached hydrogens (tertiary/aromatic N) is 1. The average Bonchev–Trinajstić information content (AvgIpc) is 2.58. The first kappa shape index (κ1) is 16.9. The fraction of sp³-hybridized carbons (Fsp3) is 0.316. The molecule has 2 rings (SSSR count). The zero-order chi connectivity index (χ0) is 16.7. The summed E-state index contributed by atoms with van der Waals surface area (Å²) in [6, 6.07) is 16.7. The van der Waals surface area contributed by atoms with Gasteiger partial charge in [-0.1, -0.05) is 36.4 Å². The van der Waals surface area contributed by atoms with Gasteiger partial charge in [-0.25, -0.2) is 0 Å². The molecule has 0 fully saturated rings. The van der Waals surface area contributed by atoms with Gasteiger partial charge in [-0.15, -0.1) is 0 Å². The highest BCUT2D eigenvalue weighted by atomic mass is 16.5. The lowest BCUT2D eigenvalue weighted by atomic mass is 10.1. The van der Waals surface area contributed by atoms with Crippen molar-refractivity contribution in [1.82, 2.24) is 10.6 Å². The van der Waals surface area contributed by atoms with Gasteiger partial charge < -0.3 is 15.4 Å². The second kappa shape index (κ2) is 8.22. The minimum Gasteiger partial charge on any atom is -0.497 e. The number of benzene rings is 2. The Kier molecular flexibility index (Phi) is 6.03. The molecule has 2 aromatic carbocycles. The van der Waals surface area contributed by atoms with E-state index in [2.05, 4.69) is 47.7 Å². The Balaban J connectivity index is 1.97. The number of methoxy groups -OCH3 is 1. The number of hydrogen-bond acceptors (Lipinski definition) is 2. The van der Waals surface area contributed by atoms with Crippen molar-refractivity contribution < 1.29 is 4.74 Å². The van der Waals surface area contributed by atoms with Crippen molar-refractivity contribution in [3.63, 3.8) is 0 Å². The average molecular weight is 311 g/mol. The van der Waals surface area contributed by atoms with Crippen LogP contribution in [0.15, 0.2) is 53.5 Å². The highest BCUT2D eigenvalue weighted by molar-refractivity contribution is 5.80. The zero-order valence-corrected chi connectivity index (χ0v) is 14.3. The summed E-state index contributed by atoms with van der Waals surface area (Å²) in [5, 5.41) is 6.75. The fourth-order valence-corrected chi connectivity index (χ4v) is 2.46. The molecule has 23 heavy (non-hydrogen) atoms. The third-order valence-corrected chi connectivity index (χ3v) is 3.68. The molecule has 0 saturated carbocycles. The van der Waals surface area contributed by atoms with E-state index in [0.29, 0.717) is 6.54 Å². The van der Waals surface area contributed by atoms with Gasteiger partial charge in [-0.05, 0) is 42.7 Å². The van der Waals surface area contributed by atoms with Crippen LogP contribution in [0.4, 0.5) is 0 Å². The standard InChI is InChI=1S/C19H25N3O/c1-14-10-16(12-18(11-14)23-4)13-21-19(20-3)22-15(2)17-8-6-5-7-9-17/h5-12,15H,13H2,1-4H3,(H2,20,21,22). The minimum atomic E-state index is 0.189. The van der Waals surface area contributed by atoms with Crippen molar-refractivity contribution in [2.45, 2.75) is 26.4 Å². The Bertz CT molecular complexity index is 653. The predicted molar refractivity (Wildman–Crippen MR) is 95.9 cm³/mol. The van der Waals surface area contributed by atoms with Gasteiger partial charge in [0, 0.05) is 13.6 Å². The molecule has 0 radical (unpaired) electrons. The van der Waals surface area contributed by atoms with Gasteiger partial charge in [0.2, 0.25) is 0 Å². The van der Waals surface area contributed by atoms with E-state index in [1.165, 1.54) is 11.1 Å². The van der Waals surface area contributed by atoms with Crippen LogP contribution in [0.1, 0.15) is 29.7 Å². The van der Waals surface area contributed by atoms with E-state index in [0.717, 1.165) is 17.3 Å². The molecule has 122 valence electrons. The van der Waals surface area contributed by atoms with Crippen LogP contribution in [0.3, 0.4) is 0 Å². The molecule has 1 atom stereocenters. The molecule has 0 saturated heterocycles. The lowest BCUT2D eigenvalue weighted by Crippen LogP contribution is -2.38. The Morgan fingerprint density at radius 2 is 1.91 bits per heavy atom. The molecule has 4 nitrogen and oxygen atoms in total. The molecule has 0 heterocycles. The van der Waals surface area contributed by atoms with Crippen LogP contribution in [0.5, 0.6) is 5.75 Å². The second-order valence-corrected chi connectivity index (χ2v) is 5.56. The summed E-state index contributed by atoms with van der Waals surface area (Å²) in [7, 11) is 3.47. The van der Waals surface area contributed by atoms with E-state index in [1.807, 2.05) is 30.3 Å². The lowest BCUT2D eigenvalue weighted by molar-refractivity contribution is 0.414. The summed E-state index contributed by atoms with van der Waals surface area (Å²) in [6.45, 7) is 4.88. The number of guanidine groups is 1. The number of hydrogen-bond donors (Lipinski definition) is 2. The highest BCUT2D eigenvalue weighted by Crippen LogP contribution is 2.16. The third kappa shape index (κ3) is 5.02. The van der Waals surface area contributed by atoms with Gasteiger partial charge in [0.05, 0.1) is 13.2 Å². The first-order valence-corrected chi connectivity index (χ1v) is 7.79. The first-order chi connectivity index (χ1) is 11.1. The molecular weight excluding hydrogens is 286 g/mol. The molecule has 0 amide bonds. The van der Waals surface area contributed by atoms with Crippen LogP contribution in [-0.2, 0) is 6.54 Å². The summed E-state index contributed by atoms with van der Waals surface area (Å²) in [4.78, 5) is 4.30. The number of nitrogens with one attached hydrogen (secondary N) is 2. The Hall–Kier alpha value is -2.49. The predicted octanol–water partition coefficient (Wildman–Crippen LogP) is 3.43. The molecule has 0 aromatic heterocycles. The van der Waals surface area contributed by atoms with Crippen molar-refractivity contribution >= 4 is 5.96 Å². The highest BCUT2D eigenvalue weighted by Gasteiger charge is 2.07. The summed E-state index contributed by atoms with van der Waals surface area (Å²) < 4.78 is 5.32. The maximum atomic E-state index is 5.32. The molecule has 4 heteroatoms. The molecular formula is C19H25N3O. The number of rotatable bonds is 5.